The number of carboxylic acids is 1. The first-order valence-electron chi connectivity index (χ1n) is 11.1. The number of hydrogen-bond acceptors (Lipinski definition) is 7. The second kappa shape index (κ2) is 10.2. The van der Waals surface area contributed by atoms with Crippen molar-refractivity contribution in [3.05, 3.63) is 35.9 Å². The van der Waals surface area contributed by atoms with Crippen LogP contribution in [0.25, 0.3) is 11.0 Å². The number of H-pyrrole nitrogens is 1. The van der Waals surface area contributed by atoms with Gasteiger partial charge in [0.05, 0.1) is 6.20 Å². The van der Waals surface area contributed by atoms with E-state index >= 15 is 0 Å². The van der Waals surface area contributed by atoms with Crippen molar-refractivity contribution < 1.29 is 9.90 Å². The Morgan fingerprint density at radius 2 is 2.03 bits per heavy atom. The number of unbranched alkanes of at least 4 members (excludes halogenated alkanes) is 4. The largest absolute Gasteiger partial charge is 0.480 e. The minimum Gasteiger partial charge on any atom is -0.480 e. The minimum atomic E-state index is -0.877. The normalized spacial score (nSPS) is 14.1. The van der Waals surface area contributed by atoms with Crippen LogP contribution in [0.3, 0.4) is 0 Å². The van der Waals surface area contributed by atoms with Gasteiger partial charge in [0.1, 0.15) is 29.2 Å². The molecule has 3 aromatic heterocycles. The van der Waals surface area contributed by atoms with Gasteiger partial charge in [-0.05, 0) is 43.7 Å². The lowest BCUT2D eigenvalue weighted by Gasteiger charge is -2.17. The molecule has 4 rings (SSSR count). The monoisotopic (exact) mass is 423 g/mol. The molecule has 31 heavy (non-hydrogen) atoms. The molecular formula is C22H29N7O2. The fraction of sp³-hybridized carbons (Fsp3) is 0.500. The number of fused-ring (bicyclic) bond motifs is 2. The number of anilines is 2. The zero-order valence-corrected chi connectivity index (χ0v) is 17.6. The van der Waals surface area contributed by atoms with E-state index in [4.69, 9.17) is 4.98 Å². The third kappa shape index (κ3) is 5.48. The summed E-state index contributed by atoms with van der Waals surface area (Å²) in [6.07, 6.45) is 12.0. The van der Waals surface area contributed by atoms with Crippen molar-refractivity contribution in [2.75, 3.05) is 17.2 Å². The average Bonchev–Trinajstić information content (AvgIpc) is 3.27. The summed E-state index contributed by atoms with van der Waals surface area (Å²) in [4.78, 5) is 24.7. The zero-order valence-electron chi connectivity index (χ0n) is 17.6. The maximum absolute atomic E-state index is 11.7. The Labute approximate surface area is 181 Å². The van der Waals surface area contributed by atoms with Crippen LogP contribution in [0.15, 0.2) is 24.7 Å². The van der Waals surface area contributed by atoms with Gasteiger partial charge in [-0.2, -0.15) is 5.10 Å². The third-order valence-electron chi connectivity index (χ3n) is 5.73. The number of aryl methyl sites for hydroxylation is 2. The molecule has 0 aliphatic carbocycles. The molecule has 3 aromatic rings. The van der Waals surface area contributed by atoms with Gasteiger partial charge in [-0.1, -0.05) is 31.7 Å². The summed E-state index contributed by atoms with van der Waals surface area (Å²) in [5.74, 6) is 0.660. The van der Waals surface area contributed by atoms with Gasteiger partial charge in [0, 0.05) is 12.2 Å². The molecule has 0 aromatic carbocycles. The first kappa shape index (κ1) is 21.0. The summed E-state index contributed by atoms with van der Waals surface area (Å²) >= 11 is 0. The van der Waals surface area contributed by atoms with Crippen LogP contribution in [0.1, 0.15) is 56.2 Å². The van der Waals surface area contributed by atoms with Crippen molar-refractivity contribution in [3.63, 3.8) is 0 Å². The van der Waals surface area contributed by atoms with Gasteiger partial charge >= 0.3 is 5.97 Å². The molecule has 0 fully saturated rings. The number of carbonyl (C=O) groups is 1. The fourth-order valence-corrected chi connectivity index (χ4v) is 3.99. The summed E-state index contributed by atoms with van der Waals surface area (Å²) in [6, 6.07) is 3.67. The molecule has 1 aliphatic rings. The summed E-state index contributed by atoms with van der Waals surface area (Å²) in [6.45, 7) is 1.01. The lowest BCUT2D eigenvalue weighted by molar-refractivity contribution is -0.138. The van der Waals surface area contributed by atoms with E-state index < -0.39 is 12.0 Å². The number of aliphatic carboxylic acids is 1. The van der Waals surface area contributed by atoms with Crippen molar-refractivity contribution in [3.8, 4) is 0 Å². The molecule has 1 atom stereocenters. The molecule has 1 aliphatic heterocycles. The molecule has 0 bridgehead atoms. The summed E-state index contributed by atoms with van der Waals surface area (Å²) in [5.41, 5.74) is 3.76. The van der Waals surface area contributed by atoms with Crippen LogP contribution in [0, 0.1) is 0 Å². The number of rotatable bonds is 11. The van der Waals surface area contributed by atoms with E-state index in [1.165, 1.54) is 18.3 Å². The van der Waals surface area contributed by atoms with Gasteiger partial charge in [0.2, 0.25) is 0 Å². The van der Waals surface area contributed by atoms with Crippen LogP contribution in [-0.4, -0.2) is 48.8 Å². The number of nitrogens with one attached hydrogen (secondary N) is 3. The Morgan fingerprint density at radius 1 is 1.16 bits per heavy atom. The second-order valence-corrected chi connectivity index (χ2v) is 8.03. The fourth-order valence-electron chi connectivity index (χ4n) is 3.99. The molecular weight excluding hydrogens is 394 g/mol. The standard InChI is InChI=1S/C22H29N7O2/c30-22(31)17(28-21-19-18(13-26-29-19)24-14-25-21)9-5-3-1-2-4-8-16-11-10-15-7-6-12-23-20(15)27-16/h10-11,13-14,17H,1-9,12H2,(H,23,27)(H,26,29)(H,30,31)(H,24,25,28)/t17-/m0/s1. The van der Waals surface area contributed by atoms with Gasteiger partial charge in [0.15, 0.2) is 5.82 Å². The molecule has 0 saturated carbocycles. The highest BCUT2D eigenvalue weighted by atomic mass is 16.4. The van der Waals surface area contributed by atoms with Gasteiger partial charge in [-0.15, -0.1) is 0 Å². The summed E-state index contributed by atoms with van der Waals surface area (Å²) in [5, 5.41) is 22.7. The van der Waals surface area contributed by atoms with Gasteiger partial charge < -0.3 is 15.7 Å². The average molecular weight is 424 g/mol. The lowest BCUT2D eigenvalue weighted by Crippen LogP contribution is -2.29. The van der Waals surface area contributed by atoms with E-state index in [-0.39, 0.29) is 0 Å². The quantitative estimate of drug-likeness (QED) is 0.345. The third-order valence-corrected chi connectivity index (χ3v) is 5.73. The Hall–Kier alpha value is -3.23. The van der Waals surface area contributed by atoms with Gasteiger partial charge in [0.25, 0.3) is 0 Å². The zero-order chi connectivity index (χ0) is 21.5. The van der Waals surface area contributed by atoms with Crippen LogP contribution < -0.4 is 10.6 Å². The molecule has 164 valence electrons. The van der Waals surface area contributed by atoms with Crippen molar-refractivity contribution in [1.82, 2.24) is 25.1 Å². The van der Waals surface area contributed by atoms with Crippen LogP contribution in [-0.2, 0) is 17.6 Å². The number of hydrogen-bond donors (Lipinski definition) is 4. The smallest absolute Gasteiger partial charge is 0.326 e. The van der Waals surface area contributed by atoms with Crippen molar-refractivity contribution in [1.29, 1.82) is 0 Å². The number of nitrogens with zero attached hydrogens (tertiary/aromatic N) is 4. The van der Waals surface area contributed by atoms with E-state index in [0.29, 0.717) is 23.3 Å². The number of carboxylic acid groups (broad SMARTS) is 1. The SMILES string of the molecule is O=C(O)[C@H](CCCCCCCc1ccc2c(n1)NCCC2)Nc1ncnc2cn[nH]c12. The topological polar surface area (TPSA) is 129 Å². The molecule has 4 heterocycles. The Kier molecular flexibility index (Phi) is 6.91. The van der Waals surface area contributed by atoms with E-state index in [9.17, 15) is 9.90 Å². The number of aromatic amines is 1. The predicted molar refractivity (Wildman–Crippen MR) is 119 cm³/mol. The van der Waals surface area contributed by atoms with Crippen molar-refractivity contribution >= 4 is 28.6 Å². The maximum atomic E-state index is 11.7. The minimum absolute atomic E-state index is 0.474. The van der Waals surface area contributed by atoms with E-state index in [1.54, 1.807) is 6.20 Å². The molecule has 0 radical (unpaired) electrons. The molecule has 9 nitrogen and oxygen atoms in total. The predicted octanol–water partition coefficient (Wildman–Crippen LogP) is 3.55. The molecule has 4 N–H and O–H groups in total. The van der Waals surface area contributed by atoms with Gasteiger partial charge in [-0.25, -0.2) is 19.7 Å². The van der Waals surface area contributed by atoms with Crippen LogP contribution in [0.2, 0.25) is 0 Å². The molecule has 0 unspecified atom stereocenters. The lowest BCUT2D eigenvalue weighted by atomic mass is 10.0. The van der Waals surface area contributed by atoms with Crippen molar-refractivity contribution in [2.24, 2.45) is 0 Å². The first-order valence-corrected chi connectivity index (χ1v) is 11.1. The Morgan fingerprint density at radius 3 is 2.94 bits per heavy atom. The van der Waals surface area contributed by atoms with Crippen LogP contribution >= 0.6 is 0 Å². The number of aromatic nitrogens is 5. The molecule has 0 saturated heterocycles. The number of pyridine rings is 1. The molecule has 0 spiro atoms. The van der Waals surface area contributed by atoms with Gasteiger partial charge in [-0.3, -0.25) is 5.10 Å². The summed E-state index contributed by atoms with van der Waals surface area (Å²) < 4.78 is 0. The van der Waals surface area contributed by atoms with E-state index in [0.717, 1.165) is 63.0 Å². The summed E-state index contributed by atoms with van der Waals surface area (Å²) in [7, 11) is 0. The van der Waals surface area contributed by atoms with Crippen LogP contribution in [0.5, 0.6) is 0 Å². The van der Waals surface area contributed by atoms with Crippen molar-refractivity contribution in [2.45, 2.75) is 63.8 Å². The first-order chi connectivity index (χ1) is 15.2. The van der Waals surface area contributed by atoms with E-state index in [1.807, 2.05) is 0 Å². The highest BCUT2D eigenvalue weighted by molar-refractivity contribution is 5.87. The highest BCUT2D eigenvalue weighted by Crippen LogP contribution is 2.21. The Bertz CT molecular complexity index is 1020. The Balaban J connectivity index is 1.16. The van der Waals surface area contributed by atoms with Crippen LogP contribution in [0.4, 0.5) is 11.6 Å². The second-order valence-electron chi connectivity index (χ2n) is 8.03. The maximum Gasteiger partial charge on any atom is 0.326 e. The highest BCUT2D eigenvalue weighted by Gasteiger charge is 2.19. The molecule has 0 amide bonds. The van der Waals surface area contributed by atoms with E-state index in [2.05, 4.69) is 42.9 Å². The molecule has 9 heteroatoms.